The molecule has 0 atom stereocenters. The molecule has 1 aromatic heterocycles. The average molecular weight is 682 g/mol. The van der Waals surface area contributed by atoms with E-state index in [9.17, 15) is 8.78 Å². The Balaban J connectivity index is 0.000000205. The SMILES string of the molecule is CC(=CC(C)=Nc1ccccc1)[N-]c1ccccc1.Fc1c[c-]c(-c2nccc3ccccc23)c(F)c1.[Ir]. The number of benzene rings is 4. The summed E-state index contributed by atoms with van der Waals surface area (Å²) in [6.45, 7) is 3.97. The van der Waals surface area contributed by atoms with E-state index in [4.69, 9.17) is 0 Å². The van der Waals surface area contributed by atoms with Crippen LogP contribution < -0.4 is 0 Å². The molecule has 1 radical (unpaired) electrons. The normalized spacial score (nSPS) is 11.3. The summed E-state index contributed by atoms with van der Waals surface area (Å²) in [6, 6.07) is 33.8. The number of rotatable bonds is 5. The molecule has 0 amide bonds. The number of hydrogen-bond acceptors (Lipinski definition) is 2. The van der Waals surface area contributed by atoms with Crippen LogP contribution in [-0.2, 0) is 20.1 Å². The van der Waals surface area contributed by atoms with Crippen LogP contribution in [0.3, 0.4) is 0 Å². The first-order valence-electron chi connectivity index (χ1n) is 11.8. The van der Waals surface area contributed by atoms with Gasteiger partial charge >= 0.3 is 0 Å². The zero-order chi connectivity index (χ0) is 26.0. The van der Waals surface area contributed by atoms with E-state index in [0.29, 0.717) is 5.69 Å². The topological polar surface area (TPSA) is 39.4 Å². The number of aromatic nitrogens is 1. The van der Waals surface area contributed by atoms with Crippen molar-refractivity contribution < 1.29 is 28.9 Å². The first-order chi connectivity index (χ1) is 18.0. The molecular formula is C32H25F2IrN3-2. The van der Waals surface area contributed by atoms with E-state index >= 15 is 0 Å². The summed E-state index contributed by atoms with van der Waals surface area (Å²) in [5.74, 6) is -1.30. The van der Waals surface area contributed by atoms with Gasteiger partial charge in [-0.2, -0.15) is 5.70 Å². The molecule has 0 unspecified atom stereocenters. The minimum atomic E-state index is -0.654. The Morgan fingerprint density at radius 2 is 1.53 bits per heavy atom. The molecule has 0 bridgehead atoms. The van der Waals surface area contributed by atoms with E-state index in [2.05, 4.69) is 21.4 Å². The van der Waals surface area contributed by atoms with E-state index < -0.39 is 11.6 Å². The molecule has 0 spiro atoms. The number of fused-ring (bicyclic) bond motifs is 1. The molecule has 6 heteroatoms. The van der Waals surface area contributed by atoms with Crippen LogP contribution >= 0.6 is 0 Å². The third-order valence-electron chi connectivity index (χ3n) is 5.31. The Morgan fingerprint density at radius 3 is 2.24 bits per heavy atom. The molecular weight excluding hydrogens is 657 g/mol. The van der Waals surface area contributed by atoms with E-state index in [1.54, 1.807) is 6.20 Å². The standard InChI is InChI=1S/C17H17N2.C15H8F2N.Ir/c1-14(18-16-9-5-3-6-10-16)13-15(2)19-17-11-7-4-8-12-17;16-11-5-6-13(14(17)9-11)15-12-4-2-1-3-10(12)7-8-18-15;/h3-13H,1-2H3;1-5,7-9H;/q2*-1;. The predicted octanol–water partition coefficient (Wildman–Crippen LogP) is 9.37. The Morgan fingerprint density at radius 1 is 0.868 bits per heavy atom. The van der Waals surface area contributed by atoms with E-state index in [1.165, 1.54) is 0 Å². The third-order valence-corrected chi connectivity index (χ3v) is 5.31. The minimum absolute atomic E-state index is 0. The summed E-state index contributed by atoms with van der Waals surface area (Å²) in [5, 5.41) is 6.30. The Bertz CT molecular complexity index is 1530. The monoisotopic (exact) mass is 682 g/mol. The van der Waals surface area contributed by atoms with Crippen LogP contribution in [0.15, 0.2) is 126 Å². The van der Waals surface area contributed by atoms with Gasteiger partial charge in [0.25, 0.3) is 0 Å². The van der Waals surface area contributed by atoms with Crippen molar-refractivity contribution >= 4 is 27.9 Å². The van der Waals surface area contributed by atoms with Gasteiger partial charge in [0.15, 0.2) is 0 Å². The van der Waals surface area contributed by atoms with Crippen molar-refractivity contribution in [2.45, 2.75) is 13.8 Å². The molecule has 1 heterocycles. The van der Waals surface area contributed by atoms with Crippen molar-refractivity contribution in [3.63, 3.8) is 0 Å². The number of hydrogen-bond donors (Lipinski definition) is 0. The molecule has 4 aromatic carbocycles. The quantitative estimate of drug-likeness (QED) is 0.135. The van der Waals surface area contributed by atoms with E-state index in [-0.39, 0.29) is 25.7 Å². The fraction of sp³-hybridized carbons (Fsp3) is 0.0625. The van der Waals surface area contributed by atoms with Gasteiger partial charge in [0, 0.05) is 43.6 Å². The molecule has 3 nitrogen and oxygen atoms in total. The second kappa shape index (κ2) is 14.1. The number of allylic oxidation sites excluding steroid dienone is 2. The van der Waals surface area contributed by atoms with Crippen LogP contribution in [0.2, 0.25) is 0 Å². The molecule has 38 heavy (non-hydrogen) atoms. The van der Waals surface area contributed by atoms with Gasteiger partial charge in [0.05, 0.1) is 5.69 Å². The van der Waals surface area contributed by atoms with E-state index in [0.717, 1.165) is 45.7 Å². The summed E-state index contributed by atoms with van der Waals surface area (Å²) < 4.78 is 26.6. The van der Waals surface area contributed by atoms with Gasteiger partial charge in [-0.1, -0.05) is 97.4 Å². The Hall–Kier alpha value is -3.99. The van der Waals surface area contributed by atoms with Crippen LogP contribution in [0, 0.1) is 17.7 Å². The molecule has 193 valence electrons. The largest absolute Gasteiger partial charge is 0.661 e. The van der Waals surface area contributed by atoms with Crippen LogP contribution in [0.5, 0.6) is 0 Å². The van der Waals surface area contributed by atoms with E-state index in [1.807, 2.05) is 111 Å². The van der Waals surface area contributed by atoms with Crippen LogP contribution in [0.25, 0.3) is 27.3 Å². The van der Waals surface area contributed by atoms with Crippen molar-refractivity contribution in [3.8, 4) is 11.3 Å². The van der Waals surface area contributed by atoms with Crippen molar-refractivity contribution in [1.82, 2.24) is 4.98 Å². The third kappa shape index (κ3) is 8.00. The number of para-hydroxylation sites is 2. The molecule has 0 aliphatic heterocycles. The molecule has 5 rings (SSSR count). The van der Waals surface area contributed by atoms with Gasteiger partial charge in [-0.05, 0) is 41.6 Å². The Kier molecular flexibility index (Phi) is 10.6. The first kappa shape index (κ1) is 28.6. The molecule has 0 saturated heterocycles. The predicted molar refractivity (Wildman–Crippen MR) is 148 cm³/mol. The van der Waals surface area contributed by atoms with Crippen molar-refractivity contribution in [2.75, 3.05) is 0 Å². The summed E-state index contributed by atoms with van der Waals surface area (Å²) in [7, 11) is 0. The summed E-state index contributed by atoms with van der Waals surface area (Å²) in [6.07, 6.45) is 3.59. The summed E-state index contributed by atoms with van der Waals surface area (Å²) in [5.41, 5.74) is 4.48. The van der Waals surface area contributed by atoms with Crippen molar-refractivity contribution in [1.29, 1.82) is 0 Å². The maximum absolute atomic E-state index is 13.8. The molecule has 0 aliphatic carbocycles. The minimum Gasteiger partial charge on any atom is -0.661 e. The smallest absolute Gasteiger partial charge is 0.0632 e. The van der Waals surface area contributed by atoms with Gasteiger partial charge in [-0.25, -0.2) is 0 Å². The van der Waals surface area contributed by atoms with Crippen molar-refractivity contribution in [2.24, 2.45) is 4.99 Å². The van der Waals surface area contributed by atoms with Crippen LogP contribution in [-0.4, -0.2) is 10.7 Å². The number of aliphatic imine (C=N–C) groups is 1. The Labute approximate surface area is 235 Å². The van der Waals surface area contributed by atoms with Gasteiger partial charge in [0.2, 0.25) is 0 Å². The zero-order valence-electron chi connectivity index (χ0n) is 20.9. The molecule has 0 aliphatic rings. The fourth-order valence-corrected chi connectivity index (χ4v) is 3.72. The van der Waals surface area contributed by atoms with Gasteiger partial charge < -0.3 is 10.3 Å². The molecule has 0 saturated carbocycles. The number of nitrogens with zero attached hydrogens (tertiary/aromatic N) is 3. The van der Waals surface area contributed by atoms with Crippen molar-refractivity contribution in [3.05, 3.63) is 144 Å². The second-order valence-electron chi connectivity index (χ2n) is 8.24. The molecule has 5 aromatic rings. The molecule has 0 N–H and O–H groups in total. The maximum Gasteiger partial charge on any atom is 0.0632 e. The fourth-order valence-electron chi connectivity index (χ4n) is 3.72. The summed E-state index contributed by atoms with van der Waals surface area (Å²) in [4.78, 5) is 8.69. The second-order valence-corrected chi connectivity index (χ2v) is 8.24. The maximum atomic E-state index is 13.8. The average Bonchev–Trinajstić information content (AvgIpc) is 2.90. The molecule has 0 fully saturated rings. The number of halogens is 2. The summed E-state index contributed by atoms with van der Waals surface area (Å²) >= 11 is 0. The number of pyridine rings is 1. The van der Waals surface area contributed by atoms with Crippen LogP contribution in [0.1, 0.15) is 13.8 Å². The first-order valence-corrected chi connectivity index (χ1v) is 11.8. The van der Waals surface area contributed by atoms with Gasteiger partial charge in [0.1, 0.15) is 0 Å². The van der Waals surface area contributed by atoms with Gasteiger partial charge in [-0.3, -0.25) is 13.8 Å². The van der Waals surface area contributed by atoms with Crippen LogP contribution in [0.4, 0.5) is 20.2 Å². The zero-order valence-corrected chi connectivity index (χ0v) is 23.3. The van der Waals surface area contributed by atoms with Gasteiger partial charge in [-0.15, -0.1) is 17.8 Å².